The molecule has 0 radical (unpaired) electrons. The Kier molecular flexibility index (Phi) is 24.3. The third-order valence-electron chi connectivity index (χ3n) is 22.9. The number of rotatable bonds is 16. The van der Waals surface area contributed by atoms with E-state index in [4.69, 9.17) is 43.9 Å². The number of piperidine rings is 1. The fourth-order valence-corrected chi connectivity index (χ4v) is 17.2. The van der Waals surface area contributed by atoms with Crippen LogP contribution >= 0.6 is 0 Å². The van der Waals surface area contributed by atoms with E-state index in [0.717, 1.165) is 109 Å². The molecule has 0 N–H and O–H groups in total. The molecule has 25 heteroatoms. The second-order valence-electron chi connectivity index (χ2n) is 29.9. The summed E-state index contributed by atoms with van der Waals surface area (Å²) in [6.45, 7) is 42.4. The van der Waals surface area contributed by atoms with Crippen molar-refractivity contribution in [2.45, 2.75) is 84.6 Å². The van der Waals surface area contributed by atoms with Crippen molar-refractivity contribution < 1.29 is 38.2 Å². The Labute approximate surface area is 670 Å². The SMILES string of the molecule is [C-]#[N+]C[C@@H]1CCCN(c2nc(C(=O)OC)nc3c2CCN(c2cccc4cccc(C)c24)C3)C1.[C-]#[N+]C[C@H]1CN(c2nc(C(=O)OC)nc3c2CCN(c2cccc4cccc(C)c24)C3)CCN1C(=O)C=C.[C-]#[N+]C[C@H]1CN(c2nc(C(=O)OC)nc3c2CCN(c2cccc4cccc(C)c24)C3)CCN1CC(=O)c1ccccc1. The minimum Gasteiger partial charge on any atom is -0.463 e. The van der Waals surface area contributed by atoms with Crippen LogP contribution in [0, 0.1) is 46.4 Å². The van der Waals surface area contributed by atoms with Gasteiger partial charge in [-0.25, -0.2) is 64.0 Å². The quantitative estimate of drug-likeness (QED) is 0.0288. The Hall–Kier alpha value is -12.9. The molecule has 9 heterocycles. The van der Waals surface area contributed by atoms with Gasteiger partial charge >= 0.3 is 17.9 Å². The minimum absolute atomic E-state index is 0.0172. The molecular weight excluding hydrogens is 1450 g/mol. The molecule has 3 aromatic heterocycles. The average molecular weight is 1540 g/mol. The number of fused-ring (bicyclic) bond motifs is 6. The van der Waals surface area contributed by atoms with Gasteiger partial charge in [0.05, 0.1) is 64.6 Å². The second-order valence-corrected chi connectivity index (χ2v) is 29.9. The summed E-state index contributed by atoms with van der Waals surface area (Å²) < 4.78 is 15.0. The molecule has 115 heavy (non-hydrogen) atoms. The maximum absolute atomic E-state index is 13.0. The number of carbonyl (C=O) groups is 5. The number of hydrogen-bond acceptors (Lipinski definition) is 21. The zero-order chi connectivity index (χ0) is 80.4. The van der Waals surface area contributed by atoms with Crippen LogP contribution in [0.5, 0.6) is 0 Å². The highest BCUT2D eigenvalue weighted by atomic mass is 16.5. The molecule has 10 aromatic rings. The lowest BCUT2D eigenvalue weighted by atomic mass is 9.96. The lowest BCUT2D eigenvalue weighted by Crippen LogP contribution is -2.56. The first-order chi connectivity index (χ1) is 56.0. The van der Waals surface area contributed by atoms with E-state index in [1.165, 1.54) is 82.1 Å². The zero-order valence-corrected chi connectivity index (χ0v) is 65.9. The highest BCUT2D eigenvalue weighted by molar-refractivity contribution is 6.00. The van der Waals surface area contributed by atoms with Crippen molar-refractivity contribution >= 4 is 96.4 Å². The number of nitrogens with zero attached hydrogens (tertiary/aromatic N) is 17. The van der Waals surface area contributed by atoms with Gasteiger partial charge in [-0.15, -0.1) is 0 Å². The van der Waals surface area contributed by atoms with E-state index in [0.29, 0.717) is 95.6 Å². The van der Waals surface area contributed by atoms with Crippen LogP contribution in [0.4, 0.5) is 34.5 Å². The van der Waals surface area contributed by atoms with Crippen molar-refractivity contribution in [2.24, 2.45) is 5.92 Å². The van der Waals surface area contributed by atoms with Crippen LogP contribution in [-0.4, -0.2) is 201 Å². The molecular formula is C90H93N17O8. The van der Waals surface area contributed by atoms with Gasteiger partial charge in [-0.3, -0.25) is 14.5 Å². The van der Waals surface area contributed by atoms with Gasteiger partial charge in [0.2, 0.25) is 43.0 Å². The predicted octanol–water partition coefficient (Wildman–Crippen LogP) is 12.4. The lowest BCUT2D eigenvalue weighted by Gasteiger charge is -2.41. The number of hydrogen-bond donors (Lipinski definition) is 0. The van der Waals surface area contributed by atoms with Crippen LogP contribution in [0.25, 0.3) is 46.9 Å². The van der Waals surface area contributed by atoms with Gasteiger partial charge in [0, 0.05) is 133 Å². The summed E-state index contributed by atoms with van der Waals surface area (Å²) >= 11 is 0. The van der Waals surface area contributed by atoms with Gasteiger partial charge in [0.25, 0.3) is 0 Å². The van der Waals surface area contributed by atoms with Gasteiger partial charge in [0.1, 0.15) is 29.5 Å². The van der Waals surface area contributed by atoms with Crippen molar-refractivity contribution in [3.05, 3.63) is 260 Å². The molecule has 16 rings (SSSR count). The fraction of sp³-hybridized carbons (Fsp3) is 0.356. The second kappa shape index (κ2) is 35.4. The Morgan fingerprint density at radius 1 is 0.443 bits per heavy atom. The first-order valence-corrected chi connectivity index (χ1v) is 39.1. The van der Waals surface area contributed by atoms with Crippen molar-refractivity contribution in [3.8, 4) is 0 Å². The molecule has 0 aliphatic carbocycles. The van der Waals surface area contributed by atoms with Crippen molar-refractivity contribution in [3.63, 3.8) is 0 Å². The van der Waals surface area contributed by atoms with Gasteiger partial charge in [-0.2, -0.15) is 0 Å². The van der Waals surface area contributed by atoms with Gasteiger partial charge in [-0.1, -0.05) is 128 Å². The van der Waals surface area contributed by atoms with Crippen molar-refractivity contribution in [1.29, 1.82) is 0 Å². The molecule has 25 nitrogen and oxygen atoms in total. The number of aromatic nitrogens is 6. The third kappa shape index (κ3) is 16.8. The van der Waals surface area contributed by atoms with E-state index in [9.17, 15) is 24.0 Å². The number of amides is 1. The van der Waals surface area contributed by atoms with Crippen molar-refractivity contribution in [2.75, 3.05) is 149 Å². The summed E-state index contributed by atoms with van der Waals surface area (Å²) in [6, 6.07) is 47.0. The predicted molar refractivity (Wildman–Crippen MR) is 446 cm³/mol. The standard InChI is InChI=1S/C34H34N6O3.C29H30N6O3.C27H29N5O2/c1-23-9-7-12-25-13-8-14-29(31(23)25)39-16-15-27-28(21-39)36-32(34(42)43-3)37-33(27)40-18-17-38(26(20-40)19-35-2)22-30(41)24-10-5-4-6-11-24;1-5-25(36)35-15-14-34(17-21(35)16-30-3)28-22-12-13-33(18-23(22)31-27(32-28)29(37)38-4)24-11-7-10-20-9-6-8-19(2)26(20)24;1-18-7-4-9-20-10-5-11-23(24(18)20)31-14-12-21-22(17-31)29-25(27(33)34-3)30-26(21)32-13-6-8-19(16-32)15-28-2/h4-14,26H,15-22H2,1,3H3;5-11,21H,1,12-18H2,2,4H3;4-5,7,9-11,19H,6,8,12-17H2,1,3H3/t26-;21-;19-/m000/s1. The minimum atomic E-state index is -0.592. The molecule has 3 saturated heterocycles. The van der Waals surface area contributed by atoms with Gasteiger partial charge in [-0.05, 0) is 110 Å². The lowest BCUT2D eigenvalue weighted by molar-refractivity contribution is -0.128. The number of esters is 3. The molecule has 7 aromatic carbocycles. The van der Waals surface area contributed by atoms with Crippen LogP contribution in [0.3, 0.4) is 0 Å². The Bertz CT molecular complexity index is 5510. The van der Waals surface area contributed by atoms with Gasteiger partial charge in [0.15, 0.2) is 5.78 Å². The molecule has 586 valence electrons. The van der Waals surface area contributed by atoms with E-state index in [-0.39, 0.29) is 60.9 Å². The molecule has 0 spiro atoms. The smallest absolute Gasteiger partial charge is 0.376 e. The highest BCUT2D eigenvalue weighted by Crippen LogP contribution is 2.40. The maximum atomic E-state index is 13.0. The van der Waals surface area contributed by atoms with E-state index >= 15 is 0 Å². The normalized spacial score (nSPS) is 17.2. The highest BCUT2D eigenvalue weighted by Gasteiger charge is 2.39. The third-order valence-corrected chi connectivity index (χ3v) is 22.9. The number of ether oxygens (including phenoxy) is 3. The molecule has 0 unspecified atom stereocenters. The van der Waals surface area contributed by atoms with E-state index in [2.05, 4.69) is 205 Å². The maximum Gasteiger partial charge on any atom is 0.376 e. The number of methoxy groups -OCH3 is 3. The monoisotopic (exact) mass is 1540 g/mol. The largest absolute Gasteiger partial charge is 0.463 e. The average Bonchev–Trinajstić information content (AvgIpc) is 0.769. The summed E-state index contributed by atoms with van der Waals surface area (Å²) in [4.78, 5) is 119. The summed E-state index contributed by atoms with van der Waals surface area (Å²) in [5.74, 6) is 0.923. The van der Waals surface area contributed by atoms with Crippen LogP contribution in [0.1, 0.15) is 106 Å². The number of carbonyl (C=O) groups excluding carboxylic acids is 5. The Morgan fingerprint density at radius 2 is 0.835 bits per heavy atom. The van der Waals surface area contributed by atoms with Crippen LogP contribution in [-0.2, 0) is 57.9 Å². The zero-order valence-electron chi connectivity index (χ0n) is 65.9. The summed E-state index contributed by atoms with van der Waals surface area (Å²) in [5.41, 5.74) is 13.4. The van der Waals surface area contributed by atoms with E-state index in [1.54, 1.807) is 4.90 Å². The summed E-state index contributed by atoms with van der Waals surface area (Å²) in [5, 5.41) is 7.29. The van der Waals surface area contributed by atoms with Crippen LogP contribution in [0.2, 0.25) is 0 Å². The molecule has 6 aliphatic rings. The van der Waals surface area contributed by atoms with Crippen LogP contribution < -0.4 is 29.4 Å². The Balaban J connectivity index is 0.000000143. The van der Waals surface area contributed by atoms with Crippen LogP contribution in [0.15, 0.2) is 152 Å². The number of ketones is 1. The number of benzene rings is 7. The molecule has 0 saturated carbocycles. The molecule has 0 bridgehead atoms. The molecule has 3 atom stereocenters. The number of aryl methyl sites for hydroxylation is 3. The number of piperazine rings is 2. The van der Waals surface area contributed by atoms with Crippen molar-refractivity contribution in [1.82, 2.24) is 39.7 Å². The van der Waals surface area contributed by atoms with Gasteiger partial charge < -0.3 is 63.0 Å². The number of anilines is 6. The van der Waals surface area contributed by atoms with E-state index < -0.39 is 17.9 Å². The van der Waals surface area contributed by atoms with E-state index in [1.807, 2.05) is 30.3 Å². The fourth-order valence-electron chi connectivity index (χ4n) is 17.2. The first-order valence-electron chi connectivity index (χ1n) is 39.1. The number of Topliss-reactive ketones (excluding diaryl/α,β-unsaturated/α-hetero) is 1. The molecule has 3 fully saturated rings. The molecule has 6 aliphatic heterocycles. The molecule has 1 amide bonds. The topological polar surface area (TPSA) is 229 Å². The Morgan fingerprint density at radius 3 is 1.24 bits per heavy atom. The summed E-state index contributed by atoms with van der Waals surface area (Å²) in [7, 11) is 4.02. The summed E-state index contributed by atoms with van der Waals surface area (Å²) in [6.07, 6.45) is 5.59. The first kappa shape index (κ1) is 78.8.